The number of carboxylic acid groups (broad SMARTS) is 1. The summed E-state index contributed by atoms with van der Waals surface area (Å²) in [5, 5.41) is 21.3. The number of aromatic hydroxyl groups is 1. The van der Waals surface area contributed by atoms with Gasteiger partial charge in [0.05, 0.1) is 35.5 Å². The van der Waals surface area contributed by atoms with Crippen molar-refractivity contribution in [1.29, 1.82) is 0 Å². The third kappa shape index (κ3) is 3.82. The van der Waals surface area contributed by atoms with Gasteiger partial charge in [-0.1, -0.05) is 0 Å². The van der Waals surface area contributed by atoms with Gasteiger partial charge < -0.3 is 25.2 Å². The number of nitrogens with one attached hydrogen (secondary N) is 1. The summed E-state index contributed by atoms with van der Waals surface area (Å²) >= 11 is 0. The molecule has 1 aliphatic heterocycles. The number of anilines is 1. The summed E-state index contributed by atoms with van der Waals surface area (Å²) < 4.78 is 48.7. The molecule has 4 rings (SSSR count). The molecule has 1 fully saturated rings. The van der Waals surface area contributed by atoms with Crippen LogP contribution in [0.15, 0.2) is 16.9 Å². The minimum absolute atomic E-state index is 0.104. The number of hydrogen-bond donors (Lipinski definition) is 3. The Kier molecular flexibility index (Phi) is 5.40. The van der Waals surface area contributed by atoms with Crippen LogP contribution in [0.2, 0.25) is 0 Å². The molecule has 0 saturated carbocycles. The predicted octanol–water partition coefficient (Wildman–Crippen LogP) is 0.562. The monoisotopic (exact) mass is 469 g/mol. The first-order valence-corrected chi connectivity index (χ1v) is 9.69. The Morgan fingerprint density at radius 3 is 2.52 bits per heavy atom. The molecule has 2 aromatic heterocycles. The molecule has 0 spiro atoms. The molecule has 0 unspecified atom stereocenters. The summed E-state index contributed by atoms with van der Waals surface area (Å²) in [6, 6.07) is 2.05. The minimum Gasteiger partial charge on any atom is -0.504 e. The van der Waals surface area contributed by atoms with Crippen LogP contribution in [0.5, 0.6) is 5.75 Å². The van der Waals surface area contributed by atoms with Gasteiger partial charge in [0.15, 0.2) is 17.0 Å². The van der Waals surface area contributed by atoms with Crippen molar-refractivity contribution < 1.29 is 37.7 Å². The molecular weight excluding hydrogens is 451 g/mol. The molecule has 33 heavy (non-hydrogen) atoms. The summed E-state index contributed by atoms with van der Waals surface area (Å²) in [5.74, 6) is -3.41. The zero-order valence-corrected chi connectivity index (χ0v) is 17.1. The summed E-state index contributed by atoms with van der Waals surface area (Å²) in [4.78, 5) is 41.3. The van der Waals surface area contributed by atoms with Crippen LogP contribution in [-0.4, -0.2) is 69.1 Å². The van der Waals surface area contributed by atoms with Gasteiger partial charge in [-0.15, -0.1) is 0 Å². The van der Waals surface area contributed by atoms with E-state index in [2.05, 4.69) is 4.98 Å². The largest absolute Gasteiger partial charge is 0.504 e. The number of benzene rings is 1. The number of nitrogens with zero attached hydrogens (tertiary/aromatic N) is 4. The Bertz CT molecular complexity index is 1340. The maximum atomic E-state index is 13.8. The first-order chi connectivity index (χ1) is 15.5. The van der Waals surface area contributed by atoms with Crippen LogP contribution in [0.3, 0.4) is 0 Å². The molecule has 0 aliphatic carbocycles. The second kappa shape index (κ2) is 7.95. The average molecular weight is 469 g/mol. The molecule has 3 N–H and O–H groups in total. The van der Waals surface area contributed by atoms with Crippen LogP contribution in [0.1, 0.15) is 15.9 Å². The Morgan fingerprint density at radius 1 is 1.24 bits per heavy atom. The highest BCUT2D eigenvalue weighted by molar-refractivity contribution is 6.00. The number of carbonyl (C=O) groups excluding carboxylic acids is 1. The molecule has 3 heterocycles. The Hall–Kier alpha value is -3.81. The van der Waals surface area contributed by atoms with Gasteiger partial charge in [-0.25, -0.2) is 14.2 Å². The highest BCUT2D eigenvalue weighted by atomic mass is 19.4. The number of imidazole rings is 1. The molecule has 0 atom stereocenters. The van der Waals surface area contributed by atoms with E-state index < -0.39 is 47.0 Å². The molecule has 1 aliphatic rings. The summed E-state index contributed by atoms with van der Waals surface area (Å²) in [6.45, 7) is 0.140. The smallest absolute Gasteiger partial charge is 0.418 e. The normalized spacial score (nSPS) is 14.7. The number of fused-ring (bicyclic) bond motifs is 3. The van der Waals surface area contributed by atoms with E-state index in [0.717, 1.165) is 15.3 Å². The van der Waals surface area contributed by atoms with Crippen LogP contribution in [-0.2, 0) is 22.8 Å². The van der Waals surface area contributed by atoms with Crippen LogP contribution in [0.25, 0.3) is 16.7 Å². The first kappa shape index (κ1) is 22.4. The summed E-state index contributed by atoms with van der Waals surface area (Å²) in [5.41, 5.74) is -3.22. The molecule has 0 bridgehead atoms. The number of rotatable bonds is 4. The Labute approximate surface area is 182 Å². The second-order valence-electron chi connectivity index (χ2n) is 7.33. The van der Waals surface area contributed by atoms with Crippen molar-refractivity contribution in [2.75, 3.05) is 37.7 Å². The predicted molar refractivity (Wildman–Crippen MR) is 108 cm³/mol. The molecule has 1 saturated heterocycles. The van der Waals surface area contributed by atoms with E-state index in [9.17, 15) is 32.7 Å². The molecule has 0 radical (unpaired) electrons. The Balaban J connectivity index is 1.98. The number of aryl methyl sites for hydroxylation is 1. The van der Waals surface area contributed by atoms with Crippen molar-refractivity contribution in [1.82, 2.24) is 19.5 Å². The number of morpholine rings is 1. The SMILES string of the molecule is Cn1c(=O)c(C(=O)NCC(=O)O)c(O)c2nc3cc(C(F)(F)F)c(N4CCOCC4)cc3n21. The van der Waals surface area contributed by atoms with Gasteiger partial charge in [-0.2, -0.15) is 13.2 Å². The van der Waals surface area contributed by atoms with E-state index in [-0.39, 0.29) is 48.7 Å². The van der Waals surface area contributed by atoms with Gasteiger partial charge in [0, 0.05) is 20.1 Å². The fourth-order valence-electron chi connectivity index (χ4n) is 3.77. The first-order valence-electron chi connectivity index (χ1n) is 9.69. The van der Waals surface area contributed by atoms with Crippen molar-refractivity contribution in [3.05, 3.63) is 33.6 Å². The second-order valence-corrected chi connectivity index (χ2v) is 7.33. The summed E-state index contributed by atoms with van der Waals surface area (Å²) in [7, 11) is 1.25. The third-order valence-electron chi connectivity index (χ3n) is 5.29. The maximum Gasteiger partial charge on any atom is 0.418 e. The van der Waals surface area contributed by atoms with Crippen molar-refractivity contribution >= 4 is 34.2 Å². The van der Waals surface area contributed by atoms with Crippen molar-refractivity contribution in [2.24, 2.45) is 7.05 Å². The number of carbonyl (C=O) groups is 2. The minimum atomic E-state index is -4.70. The lowest BCUT2D eigenvalue weighted by Crippen LogP contribution is -2.37. The fraction of sp³-hybridized carbons (Fsp3) is 0.368. The van der Waals surface area contributed by atoms with Crippen molar-refractivity contribution in [2.45, 2.75) is 6.18 Å². The Morgan fingerprint density at radius 2 is 1.91 bits per heavy atom. The zero-order valence-electron chi connectivity index (χ0n) is 17.1. The number of carboxylic acids is 1. The number of amides is 1. The van der Waals surface area contributed by atoms with Gasteiger partial charge in [-0.05, 0) is 12.1 Å². The fourth-order valence-corrected chi connectivity index (χ4v) is 3.77. The number of aromatic nitrogens is 3. The lowest BCUT2D eigenvalue weighted by atomic mass is 10.1. The van der Waals surface area contributed by atoms with Gasteiger partial charge >= 0.3 is 12.1 Å². The van der Waals surface area contributed by atoms with Gasteiger partial charge in [0.1, 0.15) is 6.54 Å². The van der Waals surface area contributed by atoms with Crippen LogP contribution >= 0.6 is 0 Å². The molecule has 14 heteroatoms. The van der Waals surface area contributed by atoms with Gasteiger partial charge in [-0.3, -0.25) is 14.4 Å². The number of ether oxygens (including phenoxy) is 1. The lowest BCUT2D eigenvalue weighted by Gasteiger charge is -2.31. The topological polar surface area (TPSA) is 138 Å². The average Bonchev–Trinajstić information content (AvgIpc) is 3.14. The number of aliphatic carboxylic acids is 1. The van der Waals surface area contributed by atoms with Crippen LogP contribution in [0, 0.1) is 0 Å². The molecule has 11 nitrogen and oxygen atoms in total. The number of hydrogen-bond acceptors (Lipinski definition) is 7. The van der Waals surface area contributed by atoms with E-state index in [1.54, 1.807) is 0 Å². The van der Waals surface area contributed by atoms with Crippen LogP contribution < -0.4 is 15.8 Å². The van der Waals surface area contributed by atoms with E-state index in [4.69, 9.17) is 9.84 Å². The van der Waals surface area contributed by atoms with E-state index >= 15 is 0 Å². The maximum absolute atomic E-state index is 13.8. The van der Waals surface area contributed by atoms with E-state index in [0.29, 0.717) is 0 Å². The summed E-state index contributed by atoms with van der Waals surface area (Å²) in [6.07, 6.45) is -4.70. The molecule has 3 aromatic rings. The number of alkyl halides is 3. The van der Waals surface area contributed by atoms with E-state index in [1.165, 1.54) is 18.0 Å². The highest BCUT2D eigenvalue weighted by Gasteiger charge is 2.37. The number of halogens is 3. The highest BCUT2D eigenvalue weighted by Crippen LogP contribution is 2.40. The molecule has 1 amide bonds. The molecule has 1 aromatic carbocycles. The van der Waals surface area contributed by atoms with E-state index in [1.807, 2.05) is 5.32 Å². The molecule has 176 valence electrons. The molecular formula is C19H18F3N5O6. The zero-order chi connectivity index (χ0) is 24.1. The standard InChI is InChI=1S/C19H18F3N5O6/c1-25-18(32)14(17(31)23-8-13(28)29)15(30)16-24-10-6-9(19(20,21)22)11(7-12(10)27(16)25)26-2-4-33-5-3-26/h6-7,30H,2-5,8H2,1H3,(H,23,31)(H,28,29). The van der Waals surface area contributed by atoms with Gasteiger partial charge in [0.2, 0.25) is 0 Å². The van der Waals surface area contributed by atoms with Crippen molar-refractivity contribution in [3.8, 4) is 5.75 Å². The quantitative estimate of drug-likeness (QED) is 0.504. The lowest BCUT2D eigenvalue weighted by molar-refractivity contribution is -0.137. The van der Waals surface area contributed by atoms with Gasteiger partial charge in [0.25, 0.3) is 11.5 Å². The van der Waals surface area contributed by atoms with Crippen LogP contribution in [0.4, 0.5) is 18.9 Å². The third-order valence-corrected chi connectivity index (χ3v) is 5.29. The van der Waals surface area contributed by atoms with Crippen molar-refractivity contribution in [3.63, 3.8) is 0 Å².